The topological polar surface area (TPSA) is 41.6 Å². The number of ether oxygens (including phenoxy) is 1. The molecule has 0 aromatic carbocycles. The lowest BCUT2D eigenvalue weighted by molar-refractivity contribution is -0.151. The van der Waals surface area contributed by atoms with Crippen LogP contribution in [-0.2, 0) is 9.53 Å². The number of carbonyl (C=O) groups excluding carboxylic acids is 1. The molecule has 1 saturated heterocycles. The first-order chi connectivity index (χ1) is 9.50. The van der Waals surface area contributed by atoms with Crippen molar-refractivity contribution in [2.75, 3.05) is 26.7 Å². The molecule has 0 bridgehead atoms. The Morgan fingerprint density at radius 1 is 1.35 bits per heavy atom. The zero-order valence-electron chi connectivity index (χ0n) is 13.4. The summed E-state index contributed by atoms with van der Waals surface area (Å²) in [5.74, 6) is 1.47. The van der Waals surface area contributed by atoms with Crippen LogP contribution in [0.25, 0.3) is 0 Å². The van der Waals surface area contributed by atoms with E-state index in [1.54, 1.807) is 0 Å². The molecule has 1 aliphatic carbocycles. The molecule has 4 heteroatoms. The van der Waals surface area contributed by atoms with Crippen LogP contribution in [0.1, 0.15) is 46.5 Å². The maximum atomic E-state index is 12.3. The first-order valence-corrected chi connectivity index (χ1v) is 8.11. The molecule has 116 valence electrons. The van der Waals surface area contributed by atoms with Crippen LogP contribution in [0, 0.1) is 11.8 Å². The summed E-state index contributed by atoms with van der Waals surface area (Å²) in [4.78, 5) is 14.9. The van der Waals surface area contributed by atoms with Crippen molar-refractivity contribution in [2.24, 2.45) is 11.8 Å². The highest BCUT2D eigenvalue weighted by molar-refractivity contribution is 5.81. The van der Waals surface area contributed by atoms with E-state index >= 15 is 0 Å². The van der Waals surface area contributed by atoms with Crippen molar-refractivity contribution in [3.05, 3.63) is 0 Å². The lowest BCUT2D eigenvalue weighted by Gasteiger charge is -2.39. The number of likely N-dealkylation sites (tertiary alicyclic amines) is 1. The summed E-state index contributed by atoms with van der Waals surface area (Å²) >= 11 is 0. The van der Waals surface area contributed by atoms with Gasteiger partial charge in [0.1, 0.15) is 5.54 Å². The summed E-state index contributed by atoms with van der Waals surface area (Å²) in [5, 5.41) is 3.25. The van der Waals surface area contributed by atoms with E-state index in [1.807, 2.05) is 14.0 Å². The van der Waals surface area contributed by atoms with Gasteiger partial charge in [0.05, 0.1) is 6.61 Å². The molecule has 4 atom stereocenters. The van der Waals surface area contributed by atoms with E-state index in [-0.39, 0.29) is 5.97 Å². The average molecular weight is 282 g/mol. The van der Waals surface area contributed by atoms with E-state index in [9.17, 15) is 4.79 Å². The van der Waals surface area contributed by atoms with Crippen molar-refractivity contribution in [1.29, 1.82) is 0 Å². The van der Waals surface area contributed by atoms with Crippen molar-refractivity contribution < 1.29 is 9.53 Å². The Kier molecular flexibility index (Phi) is 5.08. The maximum absolute atomic E-state index is 12.3. The third kappa shape index (κ3) is 3.17. The Balaban J connectivity index is 2.01. The second kappa shape index (κ2) is 6.44. The monoisotopic (exact) mass is 282 g/mol. The molecule has 1 N–H and O–H groups in total. The summed E-state index contributed by atoms with van der Waals surface area (Å²) < 4.78 is 5.28. The number of nitrogens with zero attached hydrogens (tertiary/aromatic N) is 1. The minimum Gasteiger partial charge on any atom is -0.465 e. The van der Waals surface area contributed by atoms with E-state index in [1.165, 1.54) is 19.5 Å². The molecule has 0 aromatic heterocycles. The van der Waals surface area contributed by atoms with Gasteiger partial charge in [0.15, 0.2) is 0 Å². The summed E-state index contributed by atoms with van der Waals surface area (Å²) in [7, 11) is 1.89. The van der Waals surface area contributed by atoms with Gasteiger partial charge in [0.25, 0.3) is 0 Å². The minimum atomic E-state index is -0.454. The third-order valence-electron chi connectivity index (χ3n) is 5.05. The lowest BCUT2D eigenvalue weighted by atomic mass is 9.90. The number of esters is 1. The first kappa shape index (κ1) is 15.8. The predicted molar refractivity (Wildman–Crippen MR) is 80.6 cm³/mol. The first-order valence-electron chi connectivity index (χ1n) is 8.11. The van der Waals surface area contributed by atoms with Crippen LogP contribution in [0.5, 0.6) is 0 Å². The zero-order valence-corrected chi connectivity index (χ0v) is 13.4. The van der Waals surface area contributed by atoms with Crippen LogP contribution >= 0.6 is 0 Å². The molecule has 0 spiro atoms. The molecule has 4 unspecified atom stereocenters. The standard InChI is InChI=1S/C16H30N2O2/c1-5-20-15(19)16(17-4)7-6-14(9-16)18-10-12(2)8-13(3)11-18/h12-14,17H,5-11H2,1-4H3. The van der Waals surface area contributed by atoms with Gasteiger partial charge >= 0.3 is 5.97 Å². The quantitative estimate of drug-likeness (QED) is 0.801. The molecule has 20 heavy (non-hydrogen) atoms. The molecule has 1 heterocycles. The molecular weight excluding hydrogens is 252 g/mol. The molecule has 1 saturated carbocycles. The number of rotatable bonds is 4. The van der Waals surface area contributed by atoms with Gasteiger partial charge in [-0.15, -0.1) is 0 Å². The Morgan fingerprint density at radius 2 is 2.00 bits per heavy atom. The molecule has 4 nitrogen and oxygen atoms in total. The summed E-state index contributed by atoms with van der Waals surface area (Å²) in [6, 6.07) is 0.525. The van der Waals surface area contributed by atoms with Gasteiger partial charge < -0.3 is 10.1 Å². The smallest absolute Gasteiger partial charge is 0.326 e. The van der Waals surface area contributed by atoms with Crippen molar-refractivity contribution in [3.8, 4) is 0 Å². The molecule has 1 aliphatic heterocycles. The van der Waals surface area contributed by atoms with Crippen LogP contribution in [0.15, 0.2) is 0 Å². The molecule has 0 radical (unpaired) electrons. The van der Waals surface area contributed by atoms with Crippen molar-refractivity contribution in [2.45, 2.75) is 58.0 Å². The van der Waals surface area contributed by atoms with E-state index < -0.39 is 5.54 Å². The van der Waals surface area contributed by atoms with Gasteiger partial charge in [-0.3, -0.25) is 9.69 Å². The molecule has 0 aromatic rings. The summed E-state index contributed by atoms with van der Waals surface area (Å²) in [6.45, 7) is 9.38. The van der Waals surface area contributed by atoms with Crippen LogP contribution in [-0.4, -0.2) is 49.2 Å². The van der Waals surface area contributed by atoms with E-state index in [4.69, 9.17) is 4.74 Å². The third-order valence-corrected chi connectivity index (χ3v) is 5.05. The summed E-state index contributed by atoms with van der Waals surface area (Å²) in [5.41, 5.74) is -0.454. The fourth-order valence-electron chi connectivity index (χ4n) is 4.12. The van der Waals surface area contributed by atoms with E-state index in [0.717, 1.165) is 31.1 Å². The number of hydrogen-bond acceptors (Lipinski definition) is 4. The van der Waals surface area contributed by atoms with E-state index in [0.29, 0.717) is 12.6 Å². The highest BCUT2D eigenvalue weighted by atomic mass is 16.5. The highest BCUT2D eigenvalue weighted by Crippen LogP contribution is 2.36. The average Bonchev–Trinajstić information content (AvgIpc) is 2.83. The minimum absolute atomic E-state index is 0.0666. The lowest BCUT2D eigenvalue weighted by Crippen LogP contribution is -2.51. The fourth-order valence-corrected chi connectivity index (χ4v) is 4.12. The number of carbonyl (C=O) groups is 1. The SMILES string of the molecule is CCOC(=O)C1(NC)CCC(N2CC(C)CC(C)C2)C1. The number of piperidine rings is 1. The zero-order chi connectivity index (χ0) is 14.8. The number of hydrogen-bond donors (Lipinski definition) is 1. The van der Waals surface area contributed by atoms with Gasteiger partial charge in [-0.05, 0) is 51.5 Å². The Hall–Kier alpha value is -0.610. The van der Waals surface area contributed by atoms with Crippen LogP contribution in [0.2, 0.25) is 0 Å². The van der Waals surface area contributed by atoms with Gasteiger partial charge in [-0.2, -0.15) is 0 Å². The Labute approximate surface area is 123 Å². The normalized spacial score (nSPS) is 38.9. The molecule has 0 amide bonds. The Bertz CT molecular complexity index is 337. The van der Waals surface area contributed by atoms with Gasteiger partial charge in [-0.25, -0.2) is 0 Å². The predicted octanol–water partition coefficient (Wildman–Crippen LogP) is 2.04. The Morgan fingerprint density at radius 3 is 2.55 bits per heavy atom. The van der Waals surface area contributed by atoms with Crippen molar-refractivity contribution in [1.82, 2.24) is 10.2 Å². The summed E-state index contributed by atoms with van der Waals surface area (Å²) in [6.07, 6.45) is 4.21. The van der Waals surface area contributed by atoms with Crippen LogP contribution < -0.4 is 5.32 Å². The van der Waals surface area contributed by atoms with Crippen molar-refractivity contribution >= 4 is 5.97 Å². The fraction of sp³-hybridized carbons (Fsp3) is 0.938. The highest BCUT2D eigenvalue weighted by Gasteiger charge is 2.47. The van der Waals surface area contributed by atoms with Gasteiger partial charge in [0.2, 0.25) is 0 Å². The second-order valence-corrected chi connectivity index (χ2v) is 6.85. The largest absolute Gasteiger partial charge is 0.465 e. The van der Waals surface area contributed by atoms with Crippen LogP contribution in [0.3, 0.4) is 0 Å². The molecule has 2 aliphatic rings. The van der Waals surface area contributed by atoms with Gasteiger partial charge in [0, 0.05) is 19.1 Å². The molecule has 2 fully saturated rings. The second-order valence-electron chi connectivity index (χ2n) is 6.85. The van der Waals surface area contributed by atoms with Crippen LogP contribution in [0.4, 0.5) is 0 Å². The maximum Gasteiger partial charge on any atom is 0.326 e. The van der Waals surface area contributed by atoms with Crippen molar-refractivity contribution in [3.63, 3.8) is 0 Å². The number of likely N-dealkylation sites (N-methyl/N-ethyl adjacent to an activating group) is 1. The van der Waals surface area contributed by atoms with Gasteiger partial charge in [-0.1, -0.05) is 13.8 Å². The molecule has 2 rings (SSSR count). The number of nitrogens with one attached hydrogen (secondary N) is 1. The molecular formula is C16H30N2O2. The van der Waals surface area contributed by atoms with E-state index in [2.05, 4.69) is 24.1 Å².